The number of rotatable bonds is 5. The topological polar surface area (TPSA) is 46.3 Å². The first-order chi connectivity index (χ1) is 8.04. The summed E-state index contributed by atoms with van der Waals surface area (Å²) in [5.41, 5.74) is 5.57. The van der Waals surface area contributed by atoms with Crippen molar-refractivity contribution >= 4 is 5.91 Å². The molecule has 1 fully saturated rings. The molecule has 1 rings (SSSR count). The maximum absolute atomic E-state index is 12.0. The summed E-state index contributed by atoms with van der Waals surface area (Å²) >= 11 is 0. The van der Waals surface area contributed by atoms with E-state index in [-0.39, 0.29) is 0 Å². The van der Waals surface area contributed by atoms with Crippen LogP contribution in [0.4, 0.5) is 0 Å². The molecule has 0 aromatic rings. The Bertz CT molecular complexity index is 234. The smallest absolute Gasteiger partial charge is 0.222 e. The second-order valence-electron chi connectivity index (χ2n) is 5.80. The Morgan fingerprint density at radius 3 is 2.47 bits per heavy atom. The molecule has 1 unspecified atom stereocenters. The Morgan fingerprint density at radius 2 is 1.94 bits per heavy atom. The van der Waals surface area contributed by atoms with Gasteiger partial charge in [0, 0.05) is 19.5 Å². The Morgan fingerprint density at radius 1 is 1.35 bits per heavy atom. The SMILES string of the molecule is CC(CN)CCC(=O)N(C)C1CCC(C)CC1. The number of carbonyl (C=O) groups is 1. The van der Waals surface area contributed by atoms with Crippen LogP contribution in [0.25, 0.3) is 0 Å². The number of carbonyl (C=O) groups excluding carboxylic acids is 1. The van der Waals surface area contributed by atoms with Crippen molar-refractivity contribution in [2.75, 3.05) is 13.6 Å². The van der Waals surface area contributed by atoms with Crippen LogP contribution >= 0.6 is 0 Å². The molecule has 0 radical (unpaired) electrons. The summed E-state index contributed by atoms with van der Waals surface area (Å²) in [6.45, 7) is 5.09. The lowest BCUT2D eigenvalue weighted by Gasteiger charge is -2.33. The van der Waals surface area contributed by atoms with Gasteiger partial charge in [-0.3, -0.25) is 4.79 Å². The fourth-order valence-electron chi connectivity index (χ4n) is 2.50. The van der Waals surface area contributed by atoms with Crippen LogP contribution in [0.1, 0.15) is 52.4 Å². The van der Waals surface area contributed by atoms with Crippen LogP contribution in [-0.2, 0) is 4.79 Å². The van der Waals surface area contributed by atoms with Crippen molar-refractivity contribution in [1.29, 1.82) is 0 Å². The Kier molecular flexibility index (Phi) is 5.96. The third kappa shape index (κ3) is 4.66. The molecule has 1 aliphatic carbocycles. The van der Waals surface area contributed by atoms with Crippen molar-refractivity contribution in [2.45, 2.75) is 58.4 Å². The van der Waals surface area contributed by atoms with Gasteiger partial charge < -0.3 is 10.6 Å². The Labute approximate surface area is 106 Å². The number of nitrogens with two attached hydrogens (primary N) is 1. The van der Waals surface area contributed by atoms with Crippen molar-refractivity contribution in [2.24, 2.45) is 17.6 Å². The van der Waals surface area contributed by atoms with E-state index >= 15 is 0 Å². The van der Waals surface area contributed by atoms with Gasteiger partial charge in [0.25, 0.3) is 0 Å². The van der Waals surface area contributed by atoms with Crippen molar-refractivity contribution in [3.63, 3.8) is 0 Å². The first-order valence-electron chi connectivity index (χ1n) is 7.00. The molecule has 3 nitrogen and oxygen atoms in total. The number of hydrogen-bond acceptors (Lipinski definition) is 2. The second-order valence-corrected chi connectivity index (χ2v) is 5.80. The molecule has 0 aromatic carbocycles. The van der Waals surface area contributed by atoms with E-state index in [9.17, 15) is 4.79 Å². The lowest BCUT2D eigenvalue weighted by Crippen LogP contribution is -2.39. The van der Waals surface area contributed by atoms with Gasteiger partial charge >= 0.3 is 0 Å². The van der Waals surface area contributed by atoms with Crippen molar-refractivity contribution in [3.8, 4) is 0 Å². The normalized spacial score (nSPS) is 26.6. The Balaban J connectivity index is 2.31. The van der Waals surface area contributed by atoms with E-state index in [2.05, 4.69) is 13.8 Å². The molecule has 17 heavy (non-hydrogen) atoms. The van der Waals surface area contributed by atoms with Crippen LogP contribution in [0, 0.1) is 11.8 Å². The summed E-state index contributed by atoms with van der Waals surface area (Å²) in [6, 6.07) is 0.479. The molecule has 0 saturated heterocycles. The molecular weight excluding hydrogens is 212 g/mol. The van der Waals surface area contributed by atoms with Crippen LogP contribution < -0.4 is 5.73 Å². The van der Waals surface area contributed by atoms with E-state index in [0.29, 0.717) is 30.8 Å². The quantitative estimate of drug-likeness (QED) is 0.802. The molecule has 0 heterocycles. The van der Waals surface area contributed by atoms with Gasteiger partial charge in [-0.15, -0.1) is 0 Å². The van der Waals surface area contributed by atoms with E-state index in [0.717, 1.165) is 12.3 Å². The lowest BCUT2D eigenvalue weighted by atomic mass is 9.86. The molecule has 2 N–H and O–H groups in total. The molecule has 0 aromatic heterocycles. The van der Waals surface area contributed by atoms with E-state index in [1.54, 1.807) is 0 Å². The summed E-state index contributed by atoms with van der Waals surface area (Å²) < 4.78 is 0. The molecule has 3 heteroatoms. The molecule has 1 atom stereocenters. The van der Waals surface area contributed by atoms with Gasteiger partial charge in [0.1, 0.15) is 0 Å². The van der Waals surface area contributed by atoms with E-state index < -0.39 is 0 Å². The highest BCUT2D eigenvalue weighted by Crippen LogP contribution is 2.26. The third-order valence-electron chi connectivity index (χ3n) is 4.18. The molecule has 1 aliphatic rings. The van der Waals surface area contributed by atoms with Crippen LogP contribution in [0.2, 0.25) is 0 Å². The zero-order chi connectivity index (χ0) is 12.8. The summed E-state index contributed by atoms with van der Waals surface area (Å²) in [6.07, 6.45) is 6.46. The maximum atomic E-state index is 12.0. The molecule has 1 amide bonds. The van der Waals surface area contributed by atoms with Gasteiger partial charge in [0.05, 0.1) is 0 Å². The minimum atomic E-state index is 0.296. The average molecular weight is 240 g/mol. The third-order valence-corrected chi connectivity index (χ3v) is 4.18. The van der Waals surface area contributed by atoms with Gasteiger partial charge in [-0.05, 0) is 50.5 Å². The summed E-state index contributed by atoms with van der Waals surface area (Å²) in [4.78, 5) is 14.0. The highest BCUT2D eigenvalue weighted by molar-refractivity contribution is 5.76. The predicted molar refractivity (Wildman–Crippen MR) is 71.6 cm³/mol. The maximum Gasteiger partial charge on any atom is 0.222 e. The van der Waals surface area contributed by atoms with Crippen LogP contribution in [0.5, 0.6) is 0 Å². The number of nitrogens with zero attached hydrogens (tertiary/aromatic N) is 1. The molecule has 1 saturated carbocycles. The highest BCUT2D eigenvalue weighted by atomic mass is 16.2. The molecule has 100 valence electrons. The fourth-order valence-corrected chi connectivity index (χ4v) is 2.50. The largest absolute Gasteiger partial charge is 0.343 e. The first-order valence-corrected chi connectivity index (χ1v) is 7.00. The van der Waals surface area contributed by atoms with Crippen LogP contribution in [-0.4, -0.2) is 30.4 Å². The minimum absolute atomic E-state index is 0.296. The van der Waals surface area contributed by atoms with Crippen molar-refractivity contribution in [3.05, 3.63) is 0 Å². The summed E-state index contributed by atoms with van der Waals surface area (Å²) in [5.74, 6) is 1.59. The van der Waals surface area contributed by atoms with Gasteiger partial charge in [-0.1, -0.05) is 13.8 Å². The standard InChI is InChI=1S/C14H28N2O/c1-11-4-7-13(8-5-11)16(3)14(17)9-6-12(2)10-15/h11-13H,4-10,15H2,1-3H3. The van der Waals surface area contributed by atoms with Gasteiger partial charge in [-0.2, -0.15) is 0 Å². The molecule has 0 bridgehead atoms. The highest BCUT2D eigenvalue weighted by Gasteiger charge is 2.24. The monoisotopic (exact) mass is 240 g/mol. The summed E-state index contributed by atoms with van der Waals surface area (Å²) in [5, 5.41) is 0. The van der Waals surface area contributed by atoms with E-state index in [1.807, 2.05) is 11.9 Å². The van der Waals surface area contributed by atoms with Crippen molar-refractivity contribution in [1.82, 2.24) is 4.90 Å². The molecule has 0 spiro atoms. The fraction of sp³-hybridized carbons (Fsp3) is 0.929. The number of hydrogen-bond donors (Lipinski definition) is 1. The van der Waals surface area contributed by atoms with E-state index in [4.69, 9.17) is 5.73 Å². The van der Waals surface area contributed by atoms with Crippen LogP contribution in [0.15, 0.2) is 0 Å². The predicted octanol–water partition coefficient (Wildman–Crippen LogP) is 2.40. The number of amides is 1. The van der Waals surface area contributed by atoms with Crippen molar-refractivity contribution < 1.29 is 4.79 Å². The molecule has 0 aliphatic heterocycles. The first kappa shape index (κ1) is 14.5. The molecular formula is C14H28N2O. The van der Waals surface area contributed by atoms with E-state index in [1.165, 1.54) is 25.7 Å². The van der Waals surface area contributed by atoms with Gasteiger partial charge in [-0.25, -0.2) is 0 Å². The van der Waals surface area contributed by atoms with Crippen LogP contribution in [0.3, 0.4) is 0 Å². The minimum Gasteiger partial charge on any atom is -0.343 e. The van der Waals surface area contributed by atoms with Gasteiger partial charge in [0.2, 0.25) is 5.91 Å². The zero-order valence-electron chi connectivity index (χ0n) is 11.6. The average Bonchev–Trinajstić information content (AvgIpc) is 2.35. The van der Waals surface area contributed by atoms with Gasteiger partial charge in [0.15, 0.2) is 0 Å². The Hall–Kier alpha value is -0.570. The second kappa shape index (κ2) is 7.00. The lowest BCUT2D eigenvalue weighted by molar-refractivity contribution is -0.133. The summed E-state index contributed by atoms with van der Waals surface area (Å²) in [7, 11) is 1.97. The zero-order valence-corrected chi connectivity index (χ0v) is 11.6.